The van der Waals surface area contributed by atoms with Crippen LogP contribution in [0.5, 0.6) is 0 Å². The molecule has 4 rings (SSSR count). The molecule has 2 saturated heterocycles. The number of hydrogen-bond acceptors (Lipinski definition) is 3. The maximum atomic E-state index is 6.06. The number of hydrogen-bond donors (Lipinski definition) is 0. The van der Waals surface area contributed by atoms with E-state index >= 15 is 0 Å². The molecule has 0 atom stereocenters. The Bertz CT molecular complexity index is 645. The third-order valence-corrected chi connectivity index (χ3v) is 5.05. The molecule has 0 unspecified atom stereocenters. The first-order valence-corrected chi connectivity index (χ1v) is 8.87. The zero-order chi connectivity index (χ0) is 16.2. The van der Waals surface area contributed by atoms with E-state index in [-0.39, 0.29) is 12.4 Å². The summed E-state index contributed by atoms with van der Waals surface area (Å²) in [4.78, 5) is 0. The van der Waals surface area contributed by atoms with Gasteiger partial charge in [0.1, 0.15) is 0 Å². The molecule has 2 heterocycles. The van der Waals surface area contributed by atoms with Crippen molar-refractivity contribution >= 4 is 12.4 Å². The van der Waals surface area contributed by atoms with Gasteiger partial charge < -0.3 is 14.2 Å². The lowest BCUT2D eigenvalue weighted by atomic mass is 9.90. The molecule has 4 heteroatoms. The van der Waals surface area contributed by atoms with Gasteiger partial charge >= 0.3 is 0 Å². The smallest absolute Gasteiger partial charge is 0.222 e. The molecule has 2 aliphatic heterocycles. The van der Waals surface area contributed by atoms with E-state index in [0.717, 1.165) is 36.7 Å². The first kappa shape index (κ1) is 18.4. The fourth-order valence-electron chi connectivity index (χ4n) is 3.71. The van der Waals surface area contributed by atoms with Crippen LogP contribution in [0.4, 0.5) is 0 Å². The number of benzene rings is 2. The molecule has 0 bridgehead atoms. The Labute approximate surface area is 155 Å². The summed E-state index contributed by atoms with van der Waals surface area (Å²) < 4.78 is 17.6. The van der Waals surface area contributed by atoms with E-state index < -0.39 is 5.79 Å². The fourth-order valence-corrected chi connectivity index (χ4v) is 3.71. The monoisotopic (exact) mass is 360 g/mol. The van der Waals surface area contributed by atoms with Crippen LogP contribution in [0.3, 0.4) is 0 Å². The van der Waals surface area contributed by atoms with Crippen LogP contribution < -0.4 is 0 Å². The number of rotatable bonds is 4. The molecule has 134 valence electrons. The van der Waals surface area contributed by atoms with Crippen molar-refractivity contribution in [2.45, 2.75) is 25.0 Å². The van der Waals surface area contributed by atoms with E-state index in [2.05, 4.69) is 36.4 Å². The maximum absolute atomic E-state index is 6.06. The van der Waals surface area contributed by atoms with E-state index in [1.165, 1.54) is 18.4 Å². The van der Waals surface area contributed by atoms with Crippen LogP contribution in [-0.2, 0) is 26.4 Å². The maximum Gasteiger partial charge on any atom is 0.222 e. The molecule has 0 N–H and O–H groups in total. The van der Waals surface area contributed by atoms with Crippen LogP contribution in [0.15, 0.2) is 54.6 Å². The molecule has 2 aromatic rings. The van der Waals surface area contributed by atoms with Gasteiger partial charge in [-0.15, -0.1) is 12.4 Å². The van der Waals surface area contributed by atoms with Gasteiger partial charge in [-0.1, -0.05) is 54.6 Å². The van der Waals surface area contributed by atoms with Gasteiger partial charge in [-0.05, 0) is 30.7 Å². The van der Waals surface area contributed by atoms with Crippen molar-refractivity contribution in [3.05, 3.63) is 71.3 Å². The van der Waals surface area contributed by atoms with Crippen molar-refractivity contribution in [1.82, 2.24) is 0 Å². The summed E-state index contributed by atoms with van der Waals surface area (Å²) in [5.41, 5.74) is 3.51. The summed E-state index contributed by atoms with van der Waals surface area (Å²) in [5, 5.41) is 0. The molecule has 3 nitrogen and oxygen atoms in total. The van der Waals surface area contributed by atoms with Crippen molar-refractivity contribution in [2.75, 3.05) is 26.4 Å². The molecular weight excluding hydrogens is 336 g/mol. The van der Waals surface area contributed by atoms with E-state index in [4.69, 9.17) is 14.2 Å². The van der Waals surface area contributed by atoms with Gasteiger partial charge in [-0.2, -0.15) is 0 Å². The Kier molecular flexibility index (Phi) is 6.13. The second-order valence-corrected chi connectivity index (χ2v) is 6.64. The predicted octanol–water partition coefficient (Wildman–Crippen LogP) is 4.33. The minimum absolute atomic E-state index is 0. The quantitative estimate of drug-likeness (QED) is 0.812. The normalized spacial score (nSPS) is 20.2. The van der Waals surface area contributed by atoms with Gasteiger partial charge in [-0.3, -0.25) is 0 Å². The largest absolute Gasteiger partial charge is 0.381 e. The lowest BCUT2D eigenvalue weighted by molar-refractivity contribution is -0.129. The summed E-state index contributed by atoms with van der Waals surface area (Å²) >= 11 is 0. The second kappa shape index (κ2) is 8.33. The van der Waals surface area contributed by atoms with Crippen LogP contribution in [0.1, 0.15) is 29.5 Å². The van der Waals surface area contributed by atoms with Crippen molar-refractivity contribution in [1.29, 1.82) is 0 Å². The molecule has 0 amide bonds. The van der Waals surface area contributed by atoms with Gasteiger partial charge in [0, 0.05) is 24.3 Å². The predicted molar refractivity (Wildman–Crippen MR) is 100 cm³/mol. The fraction of sp³-hybridized carbons (Fsp3) is 0.429. The summed E-state index contributed by atoms with van der Waals surface area (Å²) in [6, 6.07) is 19.0. The minimum atomic E-state index is -0.752. The molecule has 2 fully saturated rings. The molecule has 0 aliphatic carbocycles. The average molecular weight is 361 g/mol. The third-order valence-electron chi connectivity index (χ3n) is 5.05. The van der Waals surface area contributed by atoms with Gasteiger partial charge in [0.2, 0.25) is 5.79 Å². The van der Waals surface area contributed by atoms with Crippen LogP contribution in [-0.4, -0.2) is 26.4 Å². The van der Waals surface area contributed by atoms with E-state index in [0.29, 0.717) is 13.2 Å². The summed E-state index contributed by atoms with van der Waals surface area (Å²) in [6.07, 6.45) is 3.47. The van der Waals surface area contributed by atoms with Crippen molar-refractivity contribution in [3.63, 3.8) is 0 Å². The Morgan fingerprint density at radius 1 is 0.760 bits per heavy atom. The van der Waals surface area contributed by atoms with E-state index in [9.17, 15) is 0 Å². The van der Waals surface area contributed by atoms with Crippen LogP contribution >= 0.6 is 12.4 Å². The zero-order valence-corrected chi connectivity index (χ0v) is 15.2. The summed E-state index contributed by atoms with van der Waals surface area (Å²) in [5.74, 6) is -0.00924. The molecule has 2 aliphatic rings. The van der Waals surface area contributed by atoms with Crippen LogP contribution in [0.25, 0.3) is 0 Å². The standard InChI is InChI=1S/C21H24O3.ClH/c1-2-4-19(5-3-1)21(23-14-15-24-21)20-8-6-17(7-9-20)16-18-10-12-22-13-11-18;/h1-9,18H,10-16H2;1H. The molecule has 2 aromatic carbocycles. The Hall–Kier alpha value is -1.39. The number of ether oxygens (including phenoxy) is 3. The molecular formula is C21H25ClO3. The van der Waals surface area contributed by atoms with Crippen molar-refractivity contribution < 1.29 is 14.2 Å². The molecule has 0 saturated carbocycles. The highest BCUT2D eigenvalue weighted by Crippen LogP contribution is 2.38. The van der Waals surface area contributed by atoms with Gasteiger partial charge in [0.15, 0.2) is 0 Å². The van der Waals surface area contributed by atoms with Crippen molar-refractivity contribution in [2.24, 2.45) is 5.92 Å². The third kappa shape index (κ3) is 3.90. The highest BCUT2D eigenvalue weighted by atomic mass is 35.5. The van der Waals surface area contributed by atoms with E-state index in [1.54, 1.807) is 0 Å². The highest BCUT2D eigenvalue weighted by molar-refractivity contribution is 5.85. The Morgan fingerprint density at radius 2 is 1.36 bits per heavy atom. The molecule has 25 heavy (non-hydrogen) atoms. The lowest BCUT2D eigenvalue weighted by Crippen LogP contribution is -2.28. The van der Waals surface area contributed by atoms with Crippen molar-refractivity contribution in [3.8, 4) is 0 Å². The summed E-state index contributed by atoms with van der Waals surface area (Å²) in [6.45, 7) is 3.06. The SMILES string of the molecule is Cl.c1ccc(C2(c3ccc(CC4CCOCC4)cc3)OCCO2)cc1. The average Bonchev–Trinajstić information content (AvgIpc) is 3.15. The zero-order valence-electron chi connectivity index (χ0n) is 14.4. The number of halogens is 1. The Balaban J connectivity index is 0.00000182. The van der Waals surface area contributed by atoms with Crippen LogP contribution in [0, 0.1) is 5.92 Å². The lowest BCUT2D eigenvalue weighted by Gasteiger charge is -2.28. The van der Waals surface area contributed by atoms with Gasteiger partial charge in [0.25, 0.3) is 0 Å². The first-order valence-electron chi connectivity index (χ1n) is 8.87. The second-order valence-electron chi connectivity index (χ2n) is 6.64. The van der Waals surface area contributed by atoms with Gasteiger partial charge in [0.05, 0.1) is 13.2 Å². The minimum Gasteiger partial charge on any atom is -0.381 e. The molecule has 0 spiro atoms. The van der Waals surface area contributed by atoms with Crippen LogP contribution in [0.2, 0.25) is 0 Å². The first-order chi connectivity index (χ1) is 11.9. The summed E-state index contributed by atoms with van der Waals surface area (Å²) in [7, 11) is 0. The molecule has 0 aromatic heterocycles. The molecule has 0 radical (unpaired) electrons. The van der Waals surface area contributed by atoms with Gasteiger partial charge in [-0.25, -0.2) is 0 Å². The highest BCUT2D eigenvalue weighted by Gasteiger charge is 2.40. The topological polar surface area (TPSA) is 27.7 Å². The Morgan fingerprint density at radius 3 is 2.00 bits per heavy atom. The van der Waals surface area contributed by atoms with E-state index in [1.807, 2.05) is 18.2 Å².